The van der Waals surface area contributed by atoms with E-state index in [4.69, 9.17) is 0 Å². The van der Waals surface area contributed by atoms with Crippen molar-refractivity contribution in [3.05, 3.63) is 70.8 Å². The summed E-state index contributed by atoms with van der Waals surface area (Å²) in [6.07, 6.45) is 5.56. The summed E-state index contributed by atoms with van der Waals surface area (Å²) >= 11 is 0. The molecule has 2 aliphatic rings. The maximum atomic E-state index is 12.2. The topological polar surface area (TPSA) is 58.2 Å². The summed E-state index contributed by atoms with van der Waals surface area (Å²) in [4.78, 5) is 0. The zero-order valence-corrected chi connectivity index (χ0v) is 18.0. The van der Waals surface area contributed by atoms with Crippen LogP contribution in [0.15, 0.2) is 48.5 Å². The lowest BCUT2D eigenvalue weighted by Crippen LogP contribution is -2.39. The summed E-state index contributed by atoms with van der Waals surface area (Å²) in [7, 11) is -1.10. The molecule has 2 atom stereocenters. The highest BCUT2D eigenvalue weighted by atomic mass is 32.2. The van der Waals surface area contributed by atoms with Crippen molar-refractivity contribution in [2.24, 2.45) is 5.92 Å². The molecule has 0 spiro atoms. The zero-order valence-electron chi connectivity index (χ0n) is 17.2. The molecule has 0 heterocycles. The van der Waals surface area contributed by atoms with Gasteiger partial charge in [-0.25, -0.2) is 13.1 Å². The number of rotatable bonds is 9. The molecule has 1 fully saturated rings. The van der Waals surface area contributed by atoms with E-state index in [1.165, 1.54) is 22.3 Å². The van der Waals surface area contributed by atoms with Crippen LogP contribution in [0.3, 0.4) is 0 Å². The number of hydrogen-bond donors (Lipinski definition) is 2. The molecule has 0 saturated heterocycles. The lowest BCUT2D eigenvalue weighted by atomic mass is 9.86. The summed E-state index contributed by atoms with van der Waals surface area (Å²) in [5.74, 6) is 1.11. The first-order valence-corrected chi connectivity index (χ1v) is 12.4. The summed E-state index contributed by atoms with van der Waals surface area (Å²) in [5.41, 5.74) is 5.51. The number of nitrogens with one attached hydrogen (secondary N) is 2. The van der Waals surface area contributed by atoms with Crippen LogP contribution in [-0.4, -0.2) is 33.8 Å². The molecule has 1 saturated carbocycles. The van der Waals surface area contributed by atoms with Gasteiger partial charge in [-0.3, -0.25) is 0 Å². The van der Waals surface area contributed by atoms with Crippen LogP contribution in [0, 0.1) is 5.92 Å². The fraction of sp³-hybridized carbons (Fsp3) is 0.500. The smallest absolute Gasteiger partial charge is 0.214 e. The highest BCUT2D eigenvalue weighted by Crippen LogP contribution is 2.40. The standard InChI is InChI=1S/C24H32N2O2S/c1-25-17-21-16-20-11-10-19(12-13-26-29(27,28)22-8-5-9-22)15-23(20)24(21)14-18-6-3-2-4-7-18/h2-4,6-7,10-11,15,21-22,24-26H,5,8-9,12-14,16-17H2,1H3. The van der Waals surface area contributed by atoms with Gasteiger partial charge in [0.2, 0.25) is 10.0 Å². The van der Waals surface area contributed by atoms with Gasteiger partial charge in [0.1, 0.15) is 0 Å². The molecule has 156 valence electrons. The monoisotopic (exact) mass is 412 g/mol. The average Bonchev–Trinajstić information content (AvgIpc) is 2.98. The molecule has 4 rings (SSSR count). The van der Waals surface area contributed by atoms with Crippen LogP contribution < -0.4 is 10.0 Å². The van der Waals surface area contributed by atoms with E-state index in [0.29, 0.717) is 18.4 Å². The van der Waals surface area contributed by atoms with Crippen molar-refractivity contribution in [2.75, 3.05) is 20.1 Å². The Morgan fingerprint density at radius 3 is 2.52 bits per heavy atom. The third-order valence-electron chi connectivity index (χ3n) is 6.63. The van der Waals surface area contributed by atoms with Crippen molar-refractivity contribution in [1.82, 2.24) is 10.0 Å². The normalized spacial score (nSPS) is 21.7. The van der Waals surface area contributed by atoms with Crippen LogP contribution in [0.2, 0.25) is 0 Å². The van der Waals surface area contributed by atoms with Gasteiger partial charge in [0.25, 0.3) is 0 Å². The summed E-state index contributed by atoms with van der Waals surface area (Å²) in [6, 6.07) is 17.5. The molecule has 0 amide bonds. The number of benzene rings is 2. The quantitative estimate of drug-likeness (QED) is 0.664. The molecule has 0 aromatic heterocycles. The fourth-order valence-electron chi connectivity index (χ4n) is 4.77. The maximum Gasteiger partial charge on any atom is 0.214 e. The van der Waals surface area contributed by atoms with Crippen molar-refractivity contribution in [1.29, 1.82) is 0 Å². The average molecular weight is 413 g/mol. The highest BCUT2D eigenvalue weighted by Gasteiger charge is 2.33. The molecule has 2 aliphatic carbocycles. The first-order chi connectivity index (χ1) is 14.1. The summed E-state index contributed by atoms with van der Waals surface area (Å²) in [5, 5.41) is 3.20. The lowest BCUT2D eigenvalue weighted by molar-refractivity contribution is 0.436. The molecule has 2 aromatic rings. The van der Waals surface area contributed by atoms with E-state index in [-0.39, 0.29) is 5.25 Å². The van der Waals surface area contributed by atoms with E-state index in [9.17, 15) is 8.42 Å². The minimum Gasteiger partial charge on any atom is -0.319 e. The van der Waals surface area contributed by atoms with E-state index < -0.39 is 10.0 Å². The molecule has 0 bridgehead atoms. The molecular formula is C24H32N2O2S. The first kappa shape index (κ1) is 20.6. The van der Waals surface area contributed by atoms with Gasteiger partial charge in [0.05, 0.1) is 5.25 Å². The molecule has 29 heavy (non-hydrogen) atoms. The van der Waals surface area contributed by atoms with E-state index >= 15 is 0 Å². The number of hydrogen-bond acceptors (Lipinski definition) is 3. The lowest BCUT2D eigenvalue weighted by Gasteiger charge is -2.25. The Labute approximate surface area is 175 Å². The molecule has 0 radical (unpaired) electrons. The van der Waals surface area contributed by atoms with Gasteiger partial charge in [0, 0.05) is 6.54 Å². The Balaban J connectivity index is 1.46. The predicted molar refractivity (Wildman–Crippen MR) is 119 cm³/mol. The molecule has 2 N–H and O–H groups in total. The second-order valence-electron chi connectivity index (χ2n) is 8.59. The van der Waals surface area contributed by atoms with Crippen LogP contribution in [0.5, 0.6) is 0 Å². The minimum atomic E-state index is -3.13. The van der Waals surface area contributed by atoms with Crippen LogP contribution >= 0.6 is 0 Å². The van der Waals surface area contributed by atoms with E-state index in [0.717, 1.165) is 45.1 Å². The molecule has 5 heteroatoms. The van der Waals surface area contributed by atoms with Crippen LogP contribution in [0.1, 0.15) is 47.4 Å². The Kier molecular flexibility index (Phi) is 6.38. The van der Waals surface area contributed by atoms with E-state index in [2.05, 4.69) is 58.6 Å². The van der Waals surface area contributed by atoms with Crippen molar-refractivity contribution in [3.8, 4) is 0 Å². The van der Waals surface area contributed by atoms with Crippen molar-refractivity contribution in [3.63, 3.8) is 0 Å². The van der Waals surface area contributed by atoms with Crippen molar-refractivity contribution < 1.29 is 8.42 Å². The van der Waals surface area contributed by atoms with Gasteiger partial charge in [-0.2, -0.15) is 0 Å². The Morgan fingerprint density at radius 2 is 1.83 bits per heavy atom. The predicted octanol–water partition coefficient (Wildman–Crippen LogP) is 3.42. The fourth-order valence-corrected chi connectivity index (χ4v) is 6.34. The van der Waals surface area contributed by atoms with Gasteiger partial charge >= 0.3 is 0 Å². The SMILES string of the molecule is CNCC1Cc2ccc(CCNS(=O)(=O)C3CCC3)cc2C1Cc1ccccc1. The van der Waals surface area contributed by atoms with Gasteiger partial charge in [-0.15, -0.1) is 0 Å². The Morgan fingerprint density at radius 1 is 1.03 bits per heavy atom. The second-order valence-corrected chi connectivity index (χ2v) is 10.6. The number of fused-ring (bicyclic) bond motifs is 1. The molecular weight excluding hydrogens is 380 g/mol. The summed E-state index contributed by atoms with van der Waals surface area (Å²) < 4.78 is 27.3. The van der Waals surface area contributed by atoms with Gasteiger partial charge in [-0.05, 0) is 79.8 Å². The van der Waals surface area contributed by atoms with E-state index in [1.807, 2.05) is 7.05 Å². The van der Waals surface area contributed by atoms with Crippen LogP contribution in [0.4, 0.5) is 0 Å². The zero-order chi connectivity index (χ0) is 20.3. The first-order valence-electron chi connectivity index (χ1n) is 10.9. The van der Waals surface area contributed by atoms with Crippen LogP contribution in [-0.2, 0) is 29.3 Å². The minimum absolute atomic E-state index is 0.167. The van der Waals surface area contributed by atoms with Crippen molar-refractivity contribution in [2.45, 2.75) is 49.7 Å². The van der Waals surface area contributed by atoms with Crippen LogP contribution in [0.25, 0.3) is 0 Å². The van der Waals surface area contributed by atoms with E-state index in [1.54, 1.807) is 0 Å². The second kappa shape index (κ2) is 8.99. The maximum absolute atomic E-state index is 12.2. The molecule has 0 aliphatic heterocycles. The Bertz CT molecular complexity index is 923. The van der Waals surface area contributed by atoms with Gasteiger partial charge in [-0.1, -0.05) is 55.0 Å². The third kappa shape index (κ3) is 4.73. The van der Waals surface area contributed by atoms with Crippen molar-refractivity contribution >= 4 is 10.0 Å². The van der Waals surface area contributed by atoms with Gasteiger partial charge in [0.15, 0.2) is 0 Å². The Hall–Kier alpha value is -1.69. The summed E-state index contributed by atoms with van der Waals surface area (Å²) in [6.45, 7) is 1.50. The van der Waals surface area contributed by atoms with Gasteiger partial charge < -0.3 is 5.32 Å². The molecule has 2 unspecified atom stereocenters. The molecule has 4 nitrogen and oxygen atoms in total. The third-order valence-corrected chi connectivity index (χ3v) is 8.59. The highest BCUT2D eigenvalue weighted by molar-refractivity contribution is 7.90. The molecule has 2 aromatic carbocycles. The largest absolute Gasteiger partial charge is 0.319 e. The number of sulfonamides is 1.